The van der Waals surface area contributed by atoms with Crippen molar-refractivity contribution in [2.24, 2.45) is 5.73 Å². The molecule has 15 heteroatoms. The van der Waals surface area contributed by atoms with Crippen LogP contribution >= 0.6 is 0 Å². The smallest absolute Gasteiger partial charge is 0.416 e. The van der Waals surface area contributed by atoms with Gasteiger partial charge in [-0.25, -0.2) is 0 Å². The van der Waals surface area contributed by atoms with Gasteiger partial charge in [0.15, 0.2) is 0 Å². The van der Waals surface area contributed by atoms with Gasteiger partial charge in [0.25, 0.3) is 0 Å². The third-order valence-electron chi connectivity index (χ3n) is 8.25. The summed E-state index contributed by atoms with van der Waals surface area (Å²) in [5.74, 6) is -2.60. The van der Waals surface area contributed by atoms with Crippen LogP contribution in [0.5, 0.6) is 0 Å². The molecule has 51 heavy (non-hydrogen) atoms. The van der Waals surface area contributed by atoms with Crippen LogP contribution in [-0.4, -0.2) is 60.8 Å². The number of fused-ring (bicyclic) bond motifs is 1. The van der Waals surface area contributed by atoms with Crippen LogP contribution in [0.4, 0.5) is 13.2 Å². The fraction of sp³-hybridized carbons (Fsp3) is 0.361. The zero-order chi connectivity index (χ0) is 36.8. The van der Waals surface area contributed by atoms with Crippen LogP contribution in [0.15, 0.2) is 83.5 Å². The minimum atomic E-state index is -4.67. The highest BCUT2D eigenvalue weighted by molar-refractivity contribution is 5.90. The summed E-state index contributed by atoms with van der Waals surface area (Å²) < 4.78 is 47.0. The summed E-state index contributed by atoms with van der Waals surface area (Å²) in [6, 6.07) is 11.6. The van der Waals surface area contributed by atoms with E-state index in [1.54, 1.807) is 36.4 Å². The Morgan fingerprint density at radius 1 is 0.843 bits per heavy atom. The van der Waals surface area contributed by atoms with E-state index >= 15 is 0 Å². The number of carbonyl (C=O) groups is 5. The molecule has 0 saturated carbocycles. The van der Waals surface area contributed by atoms with E-state index in [-0.39, 0.29) is 50.9 Å². The molecule has 3 atom stereocenters. The van der Waals surface area contributed by atoms with Gasteiger partial charge in [-0.15, -0.1) is 0 Å². The molecule has 0 saturated heterocycles. The molecule has 0 bridgehead atoms. The third kappa shape index (κ3) is 12.1. The molecular weight excluding hydrogens is 669 g/mol. The van der Waals surface area contributed by atoms with Crippen molar-refractivity contribution in [2.75, 3.05) is 13.1 Å². The molecular formula is C36H41F3N6O6. The van der Waals surface area contributed by atoms with E-state index in [9.17, 15) is 37.1 Å². The highest BCUT2D eigenvalue weighted by Gasteiger charge is 2.35. The zero-order valence-corrected chi connectivity index (χ0v) is 27.8. The summed E-state index contributed by atoms with van der Waals surface area (Å²) in [6.45, 7) is 0.171. The van der Waals surface area contributed by atoms with Crippen molar-refractivity contribution in [1.29, 1.82) is 0 Å². The fourth-order valence-corrected chi connectivity index (χ4v) is 5.60. The first-order chi connectivity index (χ1) is 24.4. The van der Waals surface area contributed by atoms with Crippen molar-refractivity contribution in [2.45, 2.75) is 69.4 Å². The van der Waals surface area contributed by atoms with Crippen LogP contribution in [-0.2, 0) is 56.0 Å². The number of halogens is 3. The second-order valence-corrected chi connectivity index (χ2v) is 12.0. The number of rotatable bonds is 5. The molecule has 2 heterocycles. The molecule has 0 unspecified atom stereocenters. The van der Waals surface area contributed by atoms with E-state index < -0.39 is 59.4 Å². The van der Waals surface area contributed by atoms with E-state index in [4.69, 9.17) is 10.2 Å². The topological polar surface area (TPSA) is 185 Å². The molecule has 0 aliphatic carbocycles. The van der Waals surface area contributed by atoms with Gasteiger partial charge in [0.2, 0.25) is 29.5 Å². The zero-order valence-electron chi connectivity index (χ0n) is 27.8. The summed E-state index contributed by atoms with van der Waals surface area (Å²) in [7, 11) is 0. The van der Waals surface area contributed by atoms with Crippen LogP contribution in [0.3, 0.4) is 0 Å². The minimum absolute atomic E-state index is 0.0292. The van der Waals surface area contributed by atoms with Gasteiger partial charge < -0.3 is 36.7 Å². The second-order valence-electron chi connectivity index (χ2n) is 12.0. The molecule has 0 spiro atoms. The Morgan fingerprint density at radius 3 is 2.31 bits per heavy atom. The SMILES string of the molecule is NC(=O)[C@@H]1CCCCNC(=O)/C=C/CN[C@H](Cc2ccccc2C(F)(F)F)C(=O)N[C@@H](Cc2ccco2)C(=O)NCc2ccccc2CC(=O)N1. The van der Waals surface area contributed by atoms with Gasteiger partial charge in [-0.3, -0.25) is 24.0 Å². The Hall–Kier alpha value is -5.44. The van der Waals surface area contributed by atoms with Gasteiger partial charge in [-0.1, -0.05) is 48.5 Å². The average Bonchev–Trinajstić information content (AvgIpc) is 3.60. The lowest BCUT2D eigenvalue weighted by atomic mass is 9.98. The number of hydrogen-bond donors (Lipinski definition) is 6. The molecule has 272 valence electrons. The molecule has 4 rings (SSSR count). The number of furan rings is 1. The lowest BCUT2D eigenvalue weighted by Gasteiger charge is -2.24. The van der Waals surface area contributed by atoms with E-state index in [0.29, 0.717) is 29.7 Å². The van der Waals surface area contributed by atoms with Gasteiger partial charge in [0, 0.05) is 32.1 Å². The summed E-state index contributed by atoms with van der Waals surface area (Å²) in [6.07, 6.45) is 0.0166. The van der Waals surface area contributed by atoms with Crippen molar-refractivity contribution < 1.29 is 41.6 Å². The monoisotopic (exact) mass is 710 g/mol. The van der Waals surface area contributed by atoms with Crippen molar-refractivity contribution in [3.63, 3.8) is 0 Å². The lowest BCUT2D eigenvalue weighted by molar-refractivity contribution is -0.138. The Morgan fingerprint density at radius 2 is 1.59 bits per heavy atom. The molecule has 12 nitrogen and oxygen atoms in total. The molecule has 7 N–H and O–H groups in total. The van der Waals surface area contributed by atoms with Gasteiger partial charge >= 0.3 is 6.18 Å². The van der Waals surface area contributed by atoms with Crippen molar-refractivity contribution in [3.8, 4) is 0 Å². The van der Waals surface area contributed by atoms with Crippen molar-refractivity contribution in [3.05, 3.63) is 107 Å². The lowest BCUT2D eigenvalue weighted by Crippen LogP contribution is -2.54. The van der Waals surface area contributed by atoms with Crippen molar-refractivity contribution in [1.82, 2.24) is 26.6 Å². The Kier molecular flexibility index (Phi) is 13.9. The maximum Gasteiger partial charge on any atom is 0.416 e. The first-order valence-electron chi connectivity index (χ1n) is 16.5. The van der Waals surface area contributed by atoms with Crippen LogP contribution in [0, 0.1) is 0 Å². The molecule has 1 aromatic heterocycles. The number of nitrogens with one attached hydrogen (secondary N) is 5. The third-order valence-corrected chi connectivity index (χ3v) is 8.25. The summed E-state index contributed by atoms with van der Waals surface area (Å²) in [5.41, 5.74) is 5.67. The number of amides is 5. The van der Waals surface area contributed by atoms with E-state index in [0.717, 1.165) is 6.07 Å². The Labute approximate surface area is 292 Å². The van der Waals surface area contributed by atoms with Gasteiger partial charge in [-0.2, -0.15) is 13.2 Å². The van der Waals surface area contributed by atoms with Gasteiger partial charge in [0.05, 0.1) is 24.3 Å². The van der Waals surface area contributed by atoms with E-state index in [2.05, 4.69) is 26.6 Å². The Bertz CT molecular complexity index is 1690. The van der Waals surface area contributed by atoms with Crippen LogP contribution in [0.25, 0.3) is 0 Å². The summed E-state index contributed by atoms with van der Waals surface area (Å²) in [5, 5.41) is 13.7. The number of primary amides is 1. The predicted octanol–water partition coefficient (Wildman–Crippen LogP) is 2.21. The number of benzene rings is 2. The van der Waals surface area contributed by atoms with Crippen LogP contribution < -0.4 is 32.3 Å². The first kappa shape index (κ1) is 38.4. The number of hydrogen-bond acceptors (Lipinski definition) is 7. The van der Waals surface area contributed by atoms with Crippen molar-refractivity contribution >= 4 is 29.5 Å². The highest BCUT2D eigenvalue weighted by Crippen LogP contribution is 2.32. The number of nitrogens with two attached hydrogens (primary N) is 1. The standard InChI is InChI=1S/C36H41F3N6O6/c37-36(38,39)27-13-4-3-10-24(27)19-29-35(50)45-30(21-26-12-8-18-51-26)34(49)43-22-25-11-2-1-9-23(25)20-32(47)44-28(33(40)48)14-5-6-16-42-31(46)15-7-17-41-29/h1-4,7-13,15,18,28-30,41H,5-6,14,16-17,19-22H2,(H2,40,48)(H,42,46)(H,43,49)(H,44,47)(H,45,50)/b15-7+/t28-,29+,30-/m0/s1. The molecule has 1 aliphatic heterocycles. The normalized spacial score (nSPS) is 21.3. The fourth-order valence-electron chi connectivity index (χ4n) is 5.60. The predicted molar refractivity (Wildman–Crippen MR) is 180 cm³/mol. The molecule has 1 aliphatic rings. The second kappa shape index (κ2) is 18.5. The van der Waals surface area contributed by atoms with Gasteiger partial charge in [0.1, 0.15) is 17.8 Å². The Balaban J connectivity index is 1.62. The molecule has 0 radical (unpaired) electrons. The molecule has 2 aromatic carbocycles. The van der Waals surface area contributed by atoms with Crippen LogP contribution in [0.2, 0.25) is 0 Å². The number of carbonyl (C=O) groups excluding carboxylic acids is 5. The largest absolute Gasteiger partial charge is 0.469 e. The maximum absolute atomic E-state index is 13.9. The highest BCUT2D eigenvalue weighted by atomic mass is 19.4. The van der Waals surface area contributed by atoms with E-state index in [1.165, 1.54) is 36.6 Å². The minimum Gasteiger partial charge on any atom is -0.469 e. The van der Waals surface area contributed by atoms with Crippen LogP contribution in [0.1, 0.15) is 47.3 Å². The number of alkyl halides is 3. The average molecular weight is 711 g/mol. The first-order valence-corrected chi connectivity index (χ1v) is 16.5. The quantitative estimate of drug-likeness (QED) is 0.235. The summed E-state index contributed by atoms with van der Waals surface area (Å²) >= 11 is 0. The maximum atomic E-state index is 13.9. The molecule has 3 aromatic rings. The van der Waals surface area contributed by atoms with E-state index in [1.807, 2.05) is 0 Å². The molecule has 0 fully saturated rings. The van der Waals surface area contributed by atoms with Gasteiger partial charge in [-0.05, 0) is 60.6 Å². The summed E-state index contributed by atoms with van der Waals surface area (Å²) in [4.78, 5) is 64.8. The molecule has 5 amide bonds.